The molecule has 0 aliphatic rings. The average Bonchev–Trinajstić information content (AvgIpc) is 2.86. The lowest BCUT2D eigenvalue weighted by Gasteiger charge is -2.27. The van der Waals surface area contributed by atoms with Crippen LogP contribution in [-0.4, -0.2) is 29.3 Å². The molecule has 2 amide bonds. The van der Waals surface area contributed by atoms with E-state index in [0.29, 0.717) is 10.6 Å². The van der Waals surface area contributed by atoms with E-state index >= 15 is 0 Å². The molecule has 0 fully saturated rings. The first-order valence-electron chi connectivity index (χ1n) is 10.8. The number of amides is 2. The molecule has 36 heavy (non-hydrogen) atoms. The second kappa shape index (κ2) is 12.2. The van der Waals surface area contributed by atoms with Gasteiger partial charge in [0.1, 0.15) is 11.6 Å². The van der Waals surface area contributed by atoms with Gasteiger partial charge in [0.25, 0.3) is 11.8 Å². The fourth-order valence-electron chi connectivity index (χ4n) is 3.19. The molecule has 0 atom stereocenters. The first kappa shape index (κ1) is 26.8. The number of ether oxygens (including phenoxy) is 1. The predicted octanol–water partition coefficient (Wildman–Crippen LogP) is 5.34. The number of nitrogens with zero attached hydrogens (tertiary/aromatic N) is 1. The summed E-state index contributed by atoms with van der Waals surface area (Å²) in [6.07, 6.45) is 0. The normalized spacial score (nSPS) is 11.2. The number of hydrogen-bond donors (Lipinski definition) is 2. The summed E-state index contributed by atoms with van der Waals surface area (Å²) in [5.74, 6) is -5.30. The van der Waals surface area contributed by atoms with Gasteiger partial charge in [-0.2, -0.15) is 0 Å². The molecule has 0 aliphatic heterocycles. The molecular weight excluding hydrogens is 583 g/mol. The lowest BCUT2D eigenvalue weighted by atomic mass is 10.1. The molecular formula is C26H22F2IN3O4. The lowest BCUT2D eigenvalue weighted by molar-refractivity contribution is -0.138. The maximum atomic E-state index is 14.7. The van der Waals surface area contributed by atoms with Crippen LogP contribution in [0.25, 0.3) is 0 Å². The van der Waals surface area contributed by atoms with Crippen molar-refractivity contribution in [3.05, 3.63) is 113 Å². The number of carbonyl (C=O) groups excluding carboxylic acids is 3. The van der Waals surface area contributed by atoms with Crippen LogP contribution in [-0.2, 0) is 9.53 Å². The molecule has 2 N–H and O–H groups in total. The van der Waals surface area contributed by atoms with E-state index < -0.39 is 40.5 Å². The summed E-state index contributed by atoms with van der Waals surface area (Å²) in [7, 11) is 0. The number of rotatable bonds is 8. The Labute approximate surface area is 220 Å². The summed E-state index contributed by atoms with van der Waals surface area (Å²) >= 11 is 1.64. The Kier molecular flexibility index (Phi) is 9.12. The van der Waals surface area contributed by atoms with Gasteiger partial charge in [-0.05, 0) is 50.2 Å². The third-order valence-electron chi connectivity index (χ3n) is 4.96. The second-order valence-corrected chi connectivity index (χ2v) is 7.97. The van der Waals surface area contributed by atoms with Crippen LogP contribution in [0.3, 0.4) is 0 Å². The minimum atomic E-state index is -1.12. The highest BCUT2D eigenvalue weighted by Crippen LogP contribution is 2.24. The van der Waals surface area contributed by atoms with Crippen LogP contribution in [0.2, 0.25) is 0 Å². The minimum Gasteiger partial charge on any atom is -0.461 e. The Hall–Kier alpha value is -3.80. The number of anilines is 1. The Morgan fingerprint density at radius 3 is 1.81 bits per heavy atom. The predicted molar refractivity (Wildman–Crippen MR) is 139 cm³/mol. The quantitative estimate of drug-likeness (QED) is 0.119. The Morgan fingerprint density at radius 2 is 1.36 bits per heavy atom. The summed E-state index contributed by atoms with van der Waals surface area (Å²) < 4.78 is 37.0. The fourth-order valence-corrected chi connectivity index (χ4v) is 3.67. The molecule has 0 bridgehead atoms. The molecule has 0 aromatic heterocycles. The fraction of sp³-hybridized carbons (Fsp3) is 0.115. The molecule has 0 radical (unpaired) electrons. The topological polar surface area (TPSA) is 87.7 Å². The van der Waals surface area contributed by atoms with Crippen LogP contribution < -0.4 is 8.85 Å². The minimum absolute atomic E-state index is 0.000977. The van der Waals surface area contributed by atoms with E-state index in [1.54, 1.807) is 54.1 Å². The molecule has 186 valence electrons. The number of benzene rings is 3. The van der Waals surface area contributed by atoms with E-state index in [1.807, 2.05) is 6.92 Å². The number of imide groups is 1. The molecule has 3 aromatic rings. The van der Waals surface area contributed by atoms with Gasteiger partial charge in [0.15, 0.2) is 11.5 Å². The number of aryl methyl sites for hydroxylation is 1. The van der Waals surface area contributed by atoms with Gasteiger partial charge in [-0.3, -0.25) is 9.59 Å². The zero-order valence-electron chi connectivity index (χ0n) is 19.3. The molecule has 0 saturated carbocycles. The monoisotopic (exact) mass is 605 g/mol. The molecule has 0 spiro atoms. The lowest BCUT2D eigenvalue weighted by Crippen LogP contribution is -2.42. The van der Waals surface area contributed by atoms with Gasteiger partial charge in [0.05, 0.1) is 40.6 Å². The first-order chi connectivity index (χ1) is 17.3. The molecule has 7 nitrogen and oxygen atoms in total. The van der Waals surface area contributed by atoms with Crippen molar-refractivity contribution in [2.75, 3.05) is 11.9 Å². The number of hydrogen-bond acceptors (Lipinski definition) is 6. The van der Waals surface area contributed by atoms with Crippen molar-refractivity contribution < 1.29 is 27.9 Å². The summed E-state index contributed by atoms with van der Waals surface area (Å²) in [6, 6.07) is 16.9. The van der Waals surface area contributed by atoms with Crippen LogP contribution >= 0.6 is 22.9 Å². The van der Waals surface area contributed by atoms with Gasteiger partial charge >= 0.3 is 5.97 Å². The Balaban J connectivity index is 2.29. The van der Waals surface area contributed by atoms with Gasteiger partial charge in [-0.25, -0.2) is 18.5 Å². The molecule has 10 heteroatoms. The van der Waals surface area contributed by atoms with E-state index in [4.69, 9.17) is 4.74 Å². The van der Waals surface area contributed by atoms with Crippen LogP contribution in [0.15, 0.2) is 84.3 Å². The van der Waals surface area contributed by atoms with Gasteiger partial charge in [-0.1, -0.05) is 42.0 Å². The molecule has 0 aliphatic carbocycles. The molecule has 0 heterocycles. The molecule has 3 aromatic carbocycles. The summed E-state index contributed by atoms with van der Waals surface area (Å²) in [5, 5.41) is 2.89. The molecule has 0 saturated heterocycles. The number of halogens is 3. The summed E-state index contributed by atoms with van der Waals surface area (Å²) in [6.45, 7) is 3.45. The van der Waals surface area contributed by atoms with E-state index in [-0.39, 0.29) is 18.1 Å². The maximum Gasteiger partial charge on any atom is 0.358 e. The Morgan fingerprint density at radius 1 is 0.861 bits per heavy atom. The van der Waals surface area contributed by atoms with Crippen LogP contribution in [0.5, 0.6) is 0 Å². The molecule has 0 unspecified atom stereocenters. The number of nitrogens with one attached hydrogen (secondary N) is 2. The summed E-state index contributed by atoms with van der Waals surface area (Å²) in [4.78, 5) is 40.7. The third kappa shape index (κ3) is 6.06. The number of carbonyl (C=O) groups is 3. The van der Waals surface area contributed by atoms with E-state index in [0.717, 1.165) is 17.7 Å². The highest BCUT2D eigenvalue weighted by Gasteiger charge is 2.35. The van der Waals surface area contributed by atoms with Crippen molar-refractivity contribution >= 4 is 46.3 Å². The van der Waals surface area contributed by atoms with Crippen molar-refractivity contribution in [1.82, 2.24) is 8.43 Å². The third-order valence-corrected chi connectivity index (χ3v) is 5.50. The van der Waals surface area contributed by atoms with Crippen LogP contribution in [0.1, 0.15) is 33.2 Å². The average molecular weight is 605 g/mol. The standard InChI is InChI=1S/C26H22F2IN3O4/c1-3-36-26(35)22(31-29)23(30-17-14-12-16(2)13-15-17)32(24(33)18-8-4-6-10-20(18)27)25(34)19-9-5-7-11-21(19)28/h4-15,30-31H,3H2,1-2H3/b23-22+. The van der Waals surface area contributed by atoms with Gasteiger partial charge in [0, 0.05) is 5.69 Å². The zero-order chi connectivity index (χ0) is 26.2. The van der Waals surface area contributed by atoms with Crippen molar-refractivity contribution in [1.29, 1.82) is 0 Å². The van der Waals surface area contributed by atoms with Gasteiger partial charge in [-0.15, -0.1) is 0 Å². The maximum absolute atomic E-state index is 14.7. The highest BCUT2D eigenvalue weighted by molar-refractivity contribution is 14.1. The first-order valence-corrected chi connectivity index (χ1v) is 11.9. The van der Waals surface area contributed by atoms with Crippen molar-refractivity contribution in [3.8, 4) is 0 Å². The SMILES string of the molecule is CCOC(=O)/C(NI)=C(/Nc1ccc(C)cc1)N(C(=O)c1ccccc1F)C(=O)c1ccccc1F. The number of esters is 1. The van der Waals surface area contributed by atoms with Crippen molar-refractivity contribution in [2.45, 2.75) is 13.8 Å². The van der Waals surface area contributed by atoms with Gasteiger partial charge < -0.3 is 13.6 Å². The zero-order valence-corrected chi connectivity index (χ0v) is 21.5. The van der Waals surface area contributed by atoms with Crippen molar-refractivity contribution in [3.63, 3.8) is 0 Å². The van der Waals surface area contributed by atoms with Crippen LogP contribution in [0, 0.1) is 18.6 Å². The Bertz CT molecular complexity index is 1260. The molecule has 3 rings (SSSR count). The highest BCUT2D eigenvalue weighted by atomic mass is 127. The largest absolute Gasteiger partial charge is 0.461 e. The van der Waals surface area contributed by atoms with Gasteiger partial charge in [0.2, 0.25) is 0 Å². The van der Waals surface area contributed by atoms with E-state index in [2.05, 4.69) is 8.85 Å². The smallest absolute Gasteiger partial charge is 0.358 e. The van der Waals surface area contributed by atoms with Crippen LogP contribution in [0.4, 0.5) is 14.5 Å². The summed E-state index contributed by atoms with van der Waals surface area (Å²) in [5.41, 5.74) is 0.110. The van der Waals surface area contributed by atoms with E-state index in [9.17, 15) is 23.2 Å². The second-order valence-electron chi connectivity index (χ2n) is 7.44. The van der Waals surface area contributed by atoms with E-state index in [1.165, 1.54) is 36.4 Å². The van der Waals surface area contributed by atoms with Crippen molar-refractivity contribution in [2.24, 2.45) is 0 Å².